The zero-order valence-corrected chi connectivity index (χ0v) is 13.3. The molecule has 5 heteroatoms. The lowest BCUT2D eigenvalue weighted by atomic mass is 9.95. The Balaban J connectivity index is 2.02. The van der Waals surface area contributed by atoms with Crippen LogP contribution in [0.25, 0.3) is 0 Å². The summed E-state index contributed by atoms with van der Waals surface area (Å²) in [6.07, 6.45) is 0.819. The van der Waals surface area contributed by atoms with Gasteiger partial charge in [0.1, 0.15) is 5.82 Å². The van der Waals surface area contributed by atoms with Crippen molar-refractivity contribution in [1.29, 1.82) is 0 Å². The van der Waals surface area contributed by atoms with Crippen molar-refractivity contribution in [2.75, 3.05) is 6.54 Å². The predicted octanol–water partition coefficient (Wildman–Crippen LogP) is 4.25. The monoisotopic (exact) mass is 367 g/mol. The molecule has 0 bridgehead atoms. The highest BCUT2D eigenvalue weighted by atomic mass is 79.9. The summed E-state index contributed by atoms with van der Waals surface area (Å²) in [5.74, 6) is -0.409. The first-order valence-corrected chi connectivity index (χ1v) is 7.85. The first-order valence-electron chi connectivity index (χ1n) is 6.56. The van der Waals surface area contributed by atoms with Crippen molar-refractivity contribution in [3.8, 4) is 0 Å². The molecule has 0 fully saturated rings. The van der Waals surface area contributed by atoms with Gasteiger partial charge in [0.25, 0.3) is 5.91 Å². The number of alkyl halides is 1. The summed E-state index contributed by atoms with van der Waals surface area (Å²) in [5.41, 5.74) is 2.96. The molecule has 21 heavy (non-hydrogen) atoms. The van der Waals surface area contributed by atoms with E-state index in [2.05, 4.69) is 21.2 Å². The molecule has 2 aromatic rings. The Labute approximate surface area is 135 Å². The molecule has 1 unspecified atom stereocenters. The Morgan fingerprint density at radius 3 is 2.86 bits per heavy atom. The fourth-order valence-electron chi connectivity index (χ4n) is 2.48. The standard InChI is InChI=1S/C16H12BrClFNO/c17-15(13-8-11(18)3-4-14(13)19)10-2-1-9-5-6-20-16(21)12(9)7-10/h1-4,7-8,15H,5-6H2,(H,20,21). The number of carbonyl (C=O) groups excluding carboxylic acids is 1. The van der Waals surface area contributed by atoms with Gasteiger partial charge in [0, 0.05) is 22.7 Å². The topological polar surface area (TPSA) is 29.1 Å². The summed E-state index contributed by atoms with van der Waals surface area (Å²) in [5, 5.41) is 3.29. The van der Waals surface area contributed by atoms with Gasteiger partial charge in [-0.25, -0.2) is 4.39 Å². The third kappa shape index (κ3) is 2.83. The largest absolute Gasteiger partial charge is 0.352 e. The molecule has 1 amide bonds. The molecule has 0 saturated heterocycles. The van der Waals surface area contributed by atoms with Crippen molar-refractivity contribution in [3.63, 3.8) is 0 Å². The SMILES string of the molecule is O=C1NCCc2ccc(C(Br)c3cc(Cl)ccc3F)cc21. The zero-order chi connectivity index (χ0) is 15.0. The predicted molar refractivity (Wildman–Crippen MR) is 84.7 cm³/mol. The summed E-state index contributed by atoms with van der Waals surface area (Å²) in [6.45, 7) is 0.659. The molecule has 3 rings (SSSR count). The van der Waals surface area contributed by atoms with Gasteiger partial charge in [-0.2, -0.15) is 0 Å². The number of nitrogens with one attached hydrogen (secondary N) is 1. The summed E-state index contributed by atoms with van der Waals surface area (Å²) in [6, 6.07) is 10.1. The number of hydrogen-bond acceptors (Lipinski definition) is 1. The van der Waals surface area contributed by atoms with E-state index in [0.29, 0.717) is 22.7 Å². The van der Waals surface area contributed by atoms with Gasteiger partial charge in [-0.3, -0.25) is 4.79 Å². The van der Waals surface area contributed by atoms with Crippen LogP contribution in [0.2, 0.25) is 5.02 Å². The van der Waals surface area contributed by atoms with Gasteiger partial charge in [0.05, 0.1) is 4.83 Å². The fourth-order valence-corrected chi connectivity index (χ4v) is 3.29. The molecule has 1 aliphatic heterocycles. The highest BCUT2D eigenvalue weighted by molar-refractivity contribution is 9.09. The lowest BCUT2D eigenvalue weighted by Gasteiger charge is -2.19. The lowest BCUT2D eigenvalue weighted by molar-refractivity contribution is 0.0946. The molecule has 0 radical (unpaired) electrons. The average molecular weight is 369 g/mol. The molecule has 1 heterocycles. The van der Waals surface area contributed by atoms with Crippen LogP contribution in [-0.2, 0) is 6.42 Å². The van der Waals surface area contributed by atoms with E-state index in [1.165, 1.54) is 12.1 Å². The maximum atomic E-state index is 14.0. The van der Waals surface area contributed by atoms with Crippen LogP contribution in [0.3, 0.4) is 0 Å². The Morgan fingerprint density at radius 2 is 2.05 bits per heavy atom. The zero-order valence-electron chi connectivity index (χ0n) is 11.0. The summed E-state index contributed by atoms with van der Waals surface area (Å²) in [7, 11) is 0. The Bertz CT molecular complexity index is 719. The second kappa shape index (κ2) is 5.78. The van der Waals surface area contributed by atoms with Crippen LogP contribution in [0.5, 0.6) is 0 Å². The molecule has 2 aromatic carbocycles. The second-order valence-electron chi connectivity index (χ2n) is 4.95. The van der Waals surface area contributed by atoms with E-state index in [-0.39, 0.29) is 16.6 Å². The minimum atomic E-state index is -0.351. The molecule has 1 N–H and O–H groups in total. The van der Waals surface area contributed by atoms with Crippen LogP contribution in [0.1, 0.15) is 31.9 Å². The molecule has 0 spiro atoms. The molecule has 1 atom stereocenters. The van der Waals surface area contributed by atoms with Gasteiger partial charge < -0.3 is 5.32 Å². The first-order chi connectivity index (χ1) is 10.1. The quantitative estimate of drug-likeness (QED) is 0.789. The first kappa shape index (κ1) is 14.5. The van der Waals surface area contributed by atoms with Crippen LogP contribution in [0.15, 0.2) is 36.4 Å². The van der Waals surface area contributed by atoms with Gasteiger partial charge in [-0.05, 0) is 41.8 Å². The molecule has 108 valence electrons. The molecule has 1 aliphatic rings. The minimum absolute atomic E-state index is 0.0793. The maximum Gasteiger partial charge on any atom is 0.251 e. The normalized spacial score (nSPS) is 15.3. The van der Waals surface area contributed by atoms with Crippen molar-refractivity contribution in [1.82, 2.24) is 5.32 Å². The minimum Gasteiger partial charge on any atom is -0.352 e. The van der Waals surface area contributed by atoms with Gasteiger partial charge in [-0.1, -0.05) is 39.7 Å². The Morgan fingerprint density at radius 1 is 1.24 bits per heavy atom. The van der Waals surface area contributed by atoms with Crippen LogP contribution < -0.4 is 5.32 Å². The van der Waals surface area contributed by atoms with Crippen molar-refractivity contribution < 1.29 is 9.18 Å². The smallest absolute Gasteiger partial charge is 0.251 e. The van der Waals surface area contributed by atoms with Gasteiger partial charge >= 0.3 is 0 Å². The summed E-state index contributed by atoms with van der Waals surface area (Å²) in [4.78, 5) is 11.5. The number of amides is 1. The van der Waals surface area contributed by atoms with Crippen molar-refractivity contribution >= 4 is 33.4 Å². The number of carbonyl (C=O) groups is 1. The van der Waals surface area contributed by atoms with Crippen LogP contribution in [0, 0.1) is 5.82 Å². The van der Waals surface area contributed by atoms with E-state index in [1.54, 1.807) is 6.07 Å². The number of halogens is 3. The third-order valence-electron chi connectivity index (χ3n) is 3.58. The number of benzene rings is 2. The Kier molecular flexibility index (Phi) is 4.00. The average Bonchev–Trinajstić information content (AvgIpc) is 2.49. The molecule has 0 aliphatic carbocycles. The molecular weight excluding hydrogens is 357 g/mol. The summed E-state index contributed by atoms with van der Waals surface area (Å²) >= 11 is 9.43. The van der Waals surface area contributed by atoms with E-state index in [4.69, 9.17) is 11.6 Å². The highest BCUT2D eigenvalue weighted by Gasteiger charge is 2.21. The number of hydrogen-bond donors (Lipinski definition) is 1. The van der Waals surface area contributed by atoms with Crippen LogP contribution in [-0.4, -0.2) is 12.5 Å². The number of rotatable bonds is 2. The van der Waals surface area contributed by atoms with Gasteiger partial charge in [-0.15, -0.1) is 0 Å². The highest BCUT2D eigenvalue weighted by Crippen LogP contribution is 2.35. The van der Waals surface area contributed by atoms with Crippen LogP contribution >= 0.6 is 27.5 Å². The van der Waals surface area contributed by atoms with Crippen molar-refractivity contribution in [2.24, 2.45) is 0 Å². The van der Waals surface area contributed by atoms with Gasteiger partial charge in [0.15, 0.2) is 0 Å². The number of fused-ring (bicyclic) bond motifs is 1. The summed E-state index contributed by atoms with van der Waals surface area (Å²) < 4.78 is 14.0. The van der Waals surface area contributed by atoms with E-state index in [9.17, 15) is 9.18 Å². The van der Waals surface area contributed by atoms with E-state index < -0.39 is 0 Å². The fraction of sp³-hybridized carbons (Fsp3) is 0.188. The van der Waals surface area contributed by atoms with E-state index in [0.717, 1.165) is 17.5 Å². The third-order valence-corrected chi connectivity index (χ3v) is 4.84. The molecule has 2 nitrogen and oxygen atoms in total. The molecular formula is C16H12BrClFNO. The van der Waals surface area contributed by atoms with Crippen LogP contribution in [0.4, 0.5) is 4.39 Å². The molecule has 0 saturated carbocycles. The second-order valence-corrected chi connectivity index (χ2v) is 6.30. The Hall–Kier alpha value is -1.39. The van der Waals surface area contributed by atoms with E-state index >= 15 is 0 Å². The van der Waals surface area contributed by atoms with E-state index in [1.807, 2.05) is 18.2 Å². The van der Waals surface area contributed by atoms with Crippen molar-refractivity contribution in [3.05, 3.63) is 69.5 Å². The maximum absolute atomic E-state index is 14.0. The van der Waals surface area contributed by atoms with Gasteiger partial charge in [0.2, 0.25) is 0 Å². The van der Waals surface area contributed by atoms with Crippen molar-refractivity contribution in [2.45, 2.75) is 11.2 Å². The molecule has 0 aromatic heterocycles. The lowest BCUT2D eigenvalue weighted by Crippen LogP contribution is -2.31.